The second-order valence-electron chi connectivity index (χ2n) is 9.27. The predicted molar refractivity (Wildman–Crippen MR) is 128 cm³/mol. The van der Waals surface area contributed by atoms with Crippen molar-refractivity contribution in [2.24, 2.45) is 0 Å². The van der Waals surface area contributed by atoms with Gasteiger partial charge in [0.1, 0.15) is 17.1 Å². The Labute approximate surface area is 194 Å². The zero-order valence-electron chi connectivity index (χ0n) is 19.4. The summed E-state index contributed by atoms with van der Waals surface area (Å²) in [5.74, 6) is 1.64. The zero-order valence-corrected chi connectivity index (χ0v) is 19.4. The van der Waals surface area contributed by atoms with Gasteiger partial charge in [-0.2, -0.15) is 5.10 Å². The van der Waals surface area contributed by atoms with E-state index in [9.17, 15) is 4.79 Å². The molecule has 2 aliphatic heterocycles. The second kappa shape index (κ2) is 8.42. The average molecular weight is 447 g/mol. The van der Waals surface area contributed by atoms with Crippen molar-refractivity contribution in [3.63, 3.8) is 0 Å². The number of aromatic nitrogens is 3. The molecule has 3 aromatic rings. The Balaban J connectivity index is 1.33. The van der Waals surface area contributed by atoms with Gasteiger partial charge in [0.25, 0.3) is 5.91 Å². The Morgan fingerprint density at radius 1 is 1.12 bits per heavy atom. The van der Waals surface area contributed by atoms with Crippen LogP contribution in [-0.4, -0.2) is 58.9 Å². The largest absolute Gasteiger partial charge is 0.497 e. The number of nitrogens with one attached hydrogen (secondary N) is 1. The average Bonchev–Trinajstić information content (AvgIpc) is 3.29. The van der Waals surface area contributed by atoms with E-state index in [1.807, 2.05) is 52.2 Å². The van der Waals surface area contributed by atoms with Crippen LogP contribution in [0.15, 0.2) is 54.9 Å². The maximum absolute atomic E-state index is 13.5. The van der Waals surface area contributed by atoms with E-state index in [0.717, 1.165) is 42.5 Å². The number of carbonyl (C=O) groups excluding carboxylic acids is 1. The molecule has 1 aromatic carbocycles. The molecule has 8 nitrogen and oxygen atoms in total. The van der Waals surface area contributed by atoms with Crippen LogP contribution in [0.3, 0.4) is 0 Å². The van der Waals surface area contributed by atoms with E-state index >= 15 is 0 Å². The van der Waals surface area contributed by atoms with Crippen LogP contribution in [0, 0.1) is 0 Å². The van der Waals surface area contributed by atoms with Crippen LogP contribution in [0.25, 0.3) is 0 Å². The van der Waals surface area contributed by atoms with Crippen molar-refractivity contribution in [2.45, 2.75) is 31.8 Å². The molecule has 1 unspecified atom stereocenters. The number of nitrogens with zero attached hydrogens (tertiary/aromatic N) is 5. The monoisotopic (exact) mass is 446 g/mol. The number of ether oxygens (including phenoxy) is 1. The minimum Gasteiger partial charge on any atom is -0.497 e. The van der Waals surface area contributed by atoms with E-state index in [2.05, 4.69) is 40.2 Å². The Morgan fingerprint density at radius 2 is 1.94 bits per heavy atom. The van der Waals surface area contributed by atoms with Gasteiger partial charge in [-0.3, -0.25) is 9.78 Å². The second-order valence-corrected chi connectivity index (χ2v) is 9.27. The van der Waals surface area contributed by atoms with Gasteiger partial charge in [0.05, 0.1) is 30.6 Å². The lowest BCUT2D eigenvalue weighted by Crippen LogP contribution is -2.49. The lowest BCUT2D eigenvalue weighted by molar-refractivity contribution is 0.0747. The van der Waals surface area contributed by atoms with E-state index in [0.29, 0.717) is 18.7 Å². The molecular formula is C25H30N6O2. The van der Waals surface area contributed by atoms with Crippen LogP contribution in [0.2, 0.25) is 0 Å². The zero-order chi connectivity index (χ0) is 23.0. The molecule has 0 bridgehead atoms. The van der Waals surface area contributed by atoms with Crippen molar-refractivity contribution in [1.29, 1.82) is 0 Å². The molecule has 1 amide bonds. The van der Waals surface area contributed by atoms with Gasteiger partial charge in [-0.1, -0.05) is 12.1 Å². The van der Waals surface area contributed by atoms with Crippen LogP contribution in [0.1, 0.15) is 42.4 Å². The Bertz CT molecular complexity index is 1130. The van der Waals surface area contributed by atoms with Crippen LogP contribution in [-0.2, 0) is 5.54 Å². The standard InChI is InChI=1S/C25H30N6O2/c1-25(2)16-22(21-9-4-5-10-26-21)28-23-20(17-27-31(23)25)24(32)30-13-11-29(12-14-30)18-7-6-8-19(15-18)33-3/h4-10,15,17,22,28H,11-14,16H2,1-3H3. The lowest BCUT2D eigenvalue weighted by atomic mass is 9.91. The van der Waals surface area contributed by atoms with Gasteiger partial charge in [-0.15, -0.1) is 0 Å². The third kappa shape index (κ3) is 4.01. The summed E-state index contributed by atoms with van der Waals surface area (Å²) in [5, 5.41) is 8.15. The fourth-order valence-electron chi connectivity index (χ4n) is 4.81. The molecule has 0 radical (unpaired) electrons. The highest BCUT2D eigenvalue weighted by Gasteiger charge is 2.38. The minimum atomic E-state index is -0.230. The molecule has 0 aliphatic carbocycles. The smallest absolute Gasteiger partial charge is 0.259 e. The number of amides is 1. The summed E-state index contributed by atoms with van der Waals surface area (Å²) in [6, 6.07) is 14.0. The van der Waals surface area contributed by atoms with Gasteiger partial charge in [0.2, 0.25) is 0 Å². The van der Waals surface area contributed by atoms with Crippen molar-refractivity contribution in [1.82, 2.24) is 19.7 Å². The number of anilines is 2. The number of pyridine rings is 1. The molecule has 1 fully saturated rings. The number of hydrogen-bond acceptors (Lipinski definition) is 6. The molecule has 172 valence electrons. The Morgan fingerprint density at radius 3 is 2.67 bits per heavy atom. The van der Waals surface area contributed by atoms with E-state index in [-0.39, 0.29) is 17.5 Å². The molecule has 5 rings (SSSR count). The highest BCUT2D eigenvalue weighted by atomic mass is 16.5. The van der Waals surface area contributed by atoms with Gasteiger partial charge >= 0.3 is 0 Å². The molecule has 0 spiro atoms. The summed E-state index contributed by atoms with van der Waals surface area (Å²) >= 11 is 0. The highest BCUT2D eigenvalue weighted by Crippen LogP contribution is 2.39. The number of benzene rings is 1. The van der Waals surface area contributed by atoms with Crippen molar-refractivity contribution in [3.8, 4) is 5.75 Å². The van der Waals surface area contributed by atoms with E-state index in [1.54, 1.807) is 13.3 Å². The predicted octanol–water partition coefficient (Wildman–Crippen LogP) is 3.54. The van der Waals surface area contributed by atoms with E-state index < -0.39 is 0 Å². The van der Waals surface area contributed by atoms with E-state index in [4.69, 9.17) is 4.74 Å². The van der Waals surface area contributed by atoms with Crippen LogP contribution in [0.4, 0.5) is 11.5 Å². The maximum atomic E-state index is 13.5. The number of hydrogen-bond donors (Lipinski definition) is 1. The summed E-state index contributed by atoms with van der Waals surface area (Å²) in [6.07, 6.45) is 4.36. The first-order chi connectivity index (χ1) is 16.0. The fraction of sp³-hybridized carbons (Fsp3) is 0.400. The summed E-state index contributed by atoms with van der Waals surface area (Å²) in [4.78, 5) is 22.3. The number of carbonyl (C=O) groups is 1. The Kier molecular flexibility index (Phi) is 5.44. The first-order valence-electron chi connectivity index (χ1n) is 11.4. The summed E-state index contributed by atoms with van der Waals surface area (Å²) in [5.41, 5.74) is 2.49. The number of fused-ring (bicyclic) bond motifs is 1. The molecule has 4 heterocycles. The summed E-state index contributed by atoms with van der Waals surface area (Å²) < 4.78 is 7.30. The molecular weight excluding hydrogens is 416 g/mol. The van der Waals surface area contributed by atoms with Crippen LogP contribution < -0.4 is 15.0 Å². The molecule has 1 N–H and O–H groups in total. The molecule has 1 atom stereocenters. The SMILES string of the molecule is COc1cccc(N2CCN(C(=O)c3cnn4c3NC(c3ccccn3)CC4(C)C)CC2)c1. The van der Waals surface area contributed by atoms with E-state index in [1.165, 1.54) is 0 Å². The van der Waals surface area contributed by atoms with Crippen molar-refractivity contribution in [2.75, 3.05) is 43.5 Å². The quantitative estimate of drug-likeness (QED) is 0.661. The summed E-state index contributed by atoms with van der Waals surface area (Å²) in [7, 11) is 1.68. The van der Waals surface area contributed by atoms with Gasteiger partial charge in [-0.25, -0.2) is 4.68 Å². The normalized spacial score (nSPS) is 19.5. The third-order valence-electron chi connectivity index (χ3n) is 6.62. The molecule has 33 heavy (non-hydrogen) atoms. The minimum absolute atomic E-state index is 0.0199. The van der Waals surface area contributed by atoms with Gasteiger partial charge < -0.3 is 19.9 Å². The maximum Gasteiger partial charge on any atom is 0.259 e. The number of piperazine rings is 1. The first kappa shape index (κ1) is 21.3. The number of rotatable bonds is 4. The third-order valence-corrected chi connectivity index (χ3v) is 6.62. The Hall–Kier alpha value is -3.55. The molecule has 2 aromatic heterocycles. The molecule has 8 heteroatoms. The number of methoxy groups -OCH3 is 1. The van der Waals surface area contributed by atoms with Crippen LogP contribution >= 0.6 is 0 Å². The first-order valence-corrected chi connectivity index (χ1v) is 11.4. The summed E-state index contributed by atoms with van der Waals surface area (Å²) in [6.45, 7) is 7.18. The van der Waals surface area contributed by atoms with Crippen molar-refractivity contribution >= 4 is 17.4 Å². The lowest BCUT2D eigenvalue weighted by Gasteiger charge is -2.39. The molecule has 1 saturated heterocycles. The fourth-order valence-corrected chi connectivity index (χ4v) is 4.81. The topological polar surface area (TPSA) is 75.5 Å². The van der Waals surface area contributed by atoms with Gasteiger partial charge in [0.15, 0.2) is 0 Å². The van der Waals surface area contributed by atoms with Crippen molar-refractivity contribution < 1.29 is 9.53 Å². The van der Waals surface area contributed by atoms with Gasteiger partial charge in [-0.05, 0) is 44.5 Å². The highest BCUT2D eigenvalue weighted by molar-refractivity contribution is 5.99. The molecule has 0 saturated carbocycles. The van der Waals surface area contributed by atoms with Gasteiger partial charge in [0, 0.05) is 44.1 Å². The van der Waals surface area contributed by atoms with Crippen molar-refractivity contribution in [3.05, 3.63) is 66.1 Å². The molecule has 2 aliphatic rings. The van der Waals surface area contributed by atoms with Crippen LogP contribution in [0.5, 0.6) is 5.75 Å².